The maximum Gasteiger partial charge on any atom is 0.258 e. The number of halogens is 2. The third-order valence-corrected chi connectivity index (χ3v) is 4.15. The highest BCUT2D eigenvalue weighted by Crippen LogP contribution is 2.27. The van der Waals surface area contributed by atoms with Crippen LogP contribution >= 0.6 is 22.7 Å². The average Bonchev–Trinajstić information content (AvgIpc) is 3.12. The molecule has 106 valence electrons. The largest absolute Gasteiger partial charge is 0.298 e. The maximum absolute atomic E-state index is 13.7. The average molecular weight is 322 g/mol. The molecule has 0 atom stereocenters. The standard InChI is InChI=1S/C14H8F2N2OS2/c15-9-1-2-11(16)10(5-9)12-7-21-14(17-12)18-13(19)8-3-4-20-6-8/h1-7H,(H,17,18,19). The molecule has 21 heavy (non-hydrogen) atoms. The Kier molecular flexibility index (Phi) is 3.76. The molecule has 0 aliphatic rings. The van der Waals surface area contributed by atoms with Crippen LogP contribution in [0, 0.1) is 11.6 Å². The van der Waals surface area contributed by atoms with Gasteiger partial charge in [0.2, 0.25) is 0 Å². The van der Waals surface area contributed by atoms with Crippen molar-refractivity contribution in [2.24, 2.45) is 0 Å². The highest BCUT2D eigenvalue weighted by molar-refractivity contribution is 7.14. The van der Waals surface area contributed by atoms with Crippen LogP contribution in [0.25, 0.3) is 11.3 Å². The van der Waals surface area contributed by atoms with E-state index in [1.807, 2.05) is 0 Å². The third kappa shape index (κ3) is 2.98. The second-order valence-electron chi connectivity index (χ2n) is 4.13. The fourth-order valence-corrected chi connectivity index (χ4v) is 3.05. The Hall–Kier alpha value is -2.12. The molecule has 0 spiro atoms. The summed E-state index contributed by atoms with van der Waals surface area (Å²) in [6, 6.07) is 4.87. The van der Waals surface area contributed by atoms with Crippen LogP contribution in [0.1, 0.15) is 10.4 Å². The van der Waals surface area contributed by atoms with E-state index < -0.39 is 11.6 Å². The molecule has 3 rings (SSSR count). The van der Waals surface area contributed by atoms with Gasteiger partial charge in [0.15, 0.2) is 5.13 Å². The number of nitrogens with zero attached hydrogens (tertiary/aromatic N) is 1. The lowest BCUT2D eigenvalue weighted by Gasteiger charge is -2.00. The van der Waals surface area contributed by atoms with Crippen LogP contribution in [-0.2, 0) is 0 Å². The van der Waals surface area contributed by atoms with Gasteiger partial charge < -0.3 is 0 Å². The summed E-state index contributed by atoms with van der Waals surface area (Å²) in [6.07, 6.45) is 0. The number of hydrogen-bond donors (Lipinski definition) is 1. The Morgan fingerprint density at radius 3 is 2.81 bits per heavy atom. The number of carbonyl (C=O) groups is 1. The molecule has 1 aromatic carbocycles. The highest BCUT2D eigenvalue weighted by atomic mass is 32.1. The Morgan fingerprint density at radius 2 is 2.05 bits per heavy atom. The van der Waals surface area contributed by atoms with Gasteiger partial charge in [0.05, 0.1) is 11.3 Å². The van der Waals surface area contributed by atoms with Crippen molar-refractivity contribution in [2.45, 2.75) is 0 Å². The molecule has 1 amide bonds. The number of rotatable bonds is 3. The van der Waals surface area contributed by atoms with E-state index in [0.717, 1.165) is 29.5 Å². The summed E-state index contributed by atoms with van der Waals surface area (Å²) in [6.45, 7) is 0. The minimum absolute atomic E-state index is 0.0716. The van der Waals surface area contributed by atoms with Gasteiger partial charge in [0, 0.05) is 16.3 Å². The van der Waals surface area contributed by atoms with Crippen molar-refractivity contribution in [3.63, 3.8) is 0 Å². The predicted octanol–water partition coefficient (Wildman–Crippen LogP) is 4.40. The minimum atomic E-state index is -0.558. The minimum Gasteiger partial charge on any atom is -0.298 e. The number of amides is 1. The summed E-state index contributed by atoms with van der Waals surface area (Å²) in [4.78, 5) is 16.0. The predicted molar refractivity (Wildman–Crippen MR) is 79.7 cm³/mol. The zero-order chi connectivity index (χ0) is 14.8. The Morgan fingerprint density at radius 1 is 1.19 bits per heavy atom. The van der Waals surface area contributed by atoms with Crippen molar-refractivity contribution in [1.29, 1.82) is 0 Å². The van der Waals surface area contributed by atoms with Crippen LogP contribution in [0.4, 0.5) is 13.9 Å². The summed E-state index contributed by atoms with van der Waals surface area (Å²) in [5.41, 5.74) is 0.897. The van der Waals surface area contributed by atoms with Crippen molar-refractivity contribution in [3.8, 4) is 11.3 Å². The zero-order valence-electron chi connectivity index (χ0n) is 10.5. The first-order valence-corrected chi connectivity index (χ1v) is 7.70. The van der Waals surface area contributed by atoms with Crippen molar-refractivity contribution in [1.82, 2.24) is 4.98 Å². The number of thiophene rings is 1. The van der Waals surface area contributed by atoms with Gasteiger partial charge in [-0.05, 0) is 29.6 Å². The number of nitrogens with one attached hydrogen (secondary N) is 1. The van der Waals surface area contributed by atoms with E-state index in [9.17, 15) is 13.6 Å². The van der Waals surface area contributed by atoms with Gasteiger partial charge in [-0.25, -0.2) is 13.8 Å². The Labute approximate surface area is 126 Å². The van der Waals surface area contributed by atoms with E-state index in [-0.39, 0.29) is 17.2 Å². The van der Waals surface area contributed by atoms with E-state index in [4.69, 9.17) is 0 Å². The molecule has 3 nitrogen and oxygen atoms in total. The van der Waals surface area contributed by atoms with Crippen LogP contribution in [0.2, 0.25) is 0 Å². The number of aromatic nitrogens is 1. The van der Waals surface area contributed by atoms with Gasteiger partial charge in [-0.2, -0.15) is 11.3 Å². The van der Waals surface area contributed by atoms with Crippen LogP contribution in [0.5, 0.6) is 0 Å². The second kappa shape index (κ2) is 5.71. The lowest BCUT2D eigenvalue weighted by Crippen LogP contribution is -2.10. The molecule has 0 fully saturated rings. The molecule has 0 bridgehead atoms. The molecule has 0 aliphatic heterocycles. The topological polar surface area (TPSA) is 42.0 Å². The maximum atomic E-state index is 13.7. The van der Waals surface area contributed by atoms with Crippen molar-refractivity contribution >= 4 is 33.7 Å². The summed E-state index contributed by atoms with van der Waals surface area (Å²) in [5, 5.41) is 8.05. The van der Waals surface area contributed by atoms with Crippen LogP contribution in [-0.4, -0.2) is 10.9 Å². The van der Waals surface area contributed by atoms with E-state index in [1.54, 1.807) is 22.2 Å². The SMILES string of the molecule is O=C(Nc1nc(-c2cc(F)ccc2F)cs1)c1ccsc1. The molecule has 0 saturated heterocycles. The fourth-order valence-electron chi connectivity index (χ4n) is 1.71. The smallest absolute Gasteiger partial charge is 0.258 e. The molecular formula is C14H8F2N2OS2. The summed E-state index contributed by atoms with van der Waals surface area (Å²) in [5.74, 6) is -1.38. The van der Waals surface area contributed by atoms with Gasteiger partial charge in [0.25, 0.3) is 5.91 Å². The summed E-state index contributed by atoms with van der Waals surface area (Å²) in [7, 11) is 0. The number of benzene rings is 1. The molecule has 0 saturated carbocycles. The van der Waals surface area contributed by atoms with Crippen LogP contribution < -0.4 is 5.32 Å². The molecule has 7 heteroatoms. The highest BCUT2D eigenvalue weighted by Gasteiger charge is 2.13. The first-order chi connectivity index (χ1) is 10.1. The summed E-state index contributed by atoms with van der Waals surface area (Å²) < 4.78 is 26.8. The third-order valence-electron chi connectivity index (χ3n) is 2.71. The molecule has 3 aromatic rings. The number of anilines is 1. The van der Waals surface area contributed by atoms with Crippen molar-refractivity contribution in [3.05, 3.63) is 57.6 Å². The number of hydrogen-bond acceptors (Lipinski definition) is 4. The molecular weight excluding hydrogens is 314 g/mol. The van der Waals surface area contributed by atoms with Gasteiger partial charge >= 0.3 is 0 Å². The molecule has 0 radical (unpaired) electrons. The van der Waals surface area contributed by atoms with E-state index >= 15 is 0 Å². The lowest BCUT2D eigenvalue weighted by atomic mass is 10.1. The number of thiazole rings is 1. The van der Waals surface area contributed by atoms with Crippen LogP contribution in [0.15, 0.2) is 40.4 Å². The summed E-state index contributed by atoms with van der Waals surface area (Å²) >= 11 is 2.57. The van der Waals surface area contributed by atoms with Crippen molar-refractivity contribution < 1.29 is 13.6 Å². The fraction of sp³-hybridized carbons (Fsp3) is 0. The molecule has 0 aliphatic carbocycles. The van der Waals surface area contributed by atoms with Gasteiger partial charge in [-0.1, -0.05) is 0 Å². The second-order valence-corrected chi connectivity index (χ2v) is 5.77. The quantitative estimate of drug-likeness (QED) is 0.776. The number of carbonyl (C=O) groups excluding carboxylic acids is 1. The Balaban J connectivity index is 1.83. The van der Waals surface area contributed by atoms with Gasteiger partial charge in [0.1, 0.15) is 11.6 Å². The Bertz CT molecular complexity index is 784. The molecule has 1 N–H and O–H groups in total. The first kappa shape index (κ1) is 13.8. The first-order valence-electron chi connectivity index (χ1n) is 5.88. The lowest BCUT2D eigenvalue weighted by molar-refractivity contribution is 0.102. The van der Waals surface area contributed by atoms with Crippen molar-refractivity contribution in [2.75, 3.05) is 5.32 Å². The van der Waals surface area contributed by atoms with Gasteiger partial charge in [-0.3, -0.25) is 10.1 Å². The van der Waals surface area contributed by atoms with E-state index in [0.29, 0.717) is 10.7 Å². The normalized spacial score (nSPS) is 10.6. The van der Waals surface area contributed by atoms with E-state index in [2.05, 4.69) is 10.3 Å². The van der Waals surface area contributed by atoms with Gasteiger partial charge in [-0.15, -0.1) is 11.3 Å². The molecule has 2 heterocycles. The molecule has 0 unspecified atom stereocenters. The monoisotopic (exact) mass is 322 g/mol. The zero-order valence-corrected chi connectivity index (χ0v) is 12.1. The van der Waals surface area contributed by atoms with Crippen LogP contribution in [0.3, 0.4) is 0 Å². The van der Waals surface area contributed by atoms with E-state index in [1.165, 1.54) is 11.3 Å². The molecule has 2 aromatic heterocycles.